The van der Waals surface area contributed by atoms with Crippen LogP contribution in [0.4, 0.5) is 4.79 Å². The molecule has 1 aromatic heterocycles. The third-order valence-corrected chi connectivity index (χ3v) is 3.73. The maximum atomic E-state index is 12.6. The molecule has 1 saturated heterocycles. The fourth-order valence-electron chi connectivity index (χ4n) is 2.68. The van der Waals surface area contributed by atoms with Crippen molar-refractivity contribution in [1.82, 2.24) is 14.9 Å². The first-order valence-electron chi connectivity index (χ1n) is 7.28. The Balaban J connectivity index is 2.49. The molecule has 23 heavy (non-hydrogen) atoms. The van der Waals surface area contributed by atoms with Crippen molar-refractivity contribution in [1.29, 1.82) is 0 Å². The van der Waals surface area contributed by atoms with Crippen LogP contribution < -0.4 is 0 Å². The van der Waals surface area contributed by atoms with E-state index in [1.165, 1.54) is 24.4 Å². The van der Waals surface area contributed by atoms with Gasteiger partial charge in [0.15, 0.2) is 5.54 Å². The summed E-state index contributed by atoms with van der Waals surface area (Å²) in [4.78, 5) is 34.6. The molecule has 1 unspecified atom stereocenters. The van der Waals surface area contributed by atoms with E-state index in [-0.39, 0.29) is 10.8 Å². The molecule has 1 fully saturated rings. The van der Waals surface area contributed by atoms with Crippen LogP contribution in [0.1, 0.15) is 39.3 Å². The van der Waals surface area contributed by atoms with Crippen molar-refractivity contribution in [3.63, 3.8) is 0 Å². The third kappa shape index (κ3) is 3.39. The Morgan fingerprint density at radius 3 is 2.61 bits per heavy atom. The van der Waals surface area contributed by atoms with E-state index in [1.54, 1.807) is 20.8 Å². The van der Waals surface area contributed by atoms with Crippen molar-refractivity contribution in [3.05, 3.63) is 23.2 Å². The number of hydrogen-bond acceptors (Lipinski definition) is 6. The van der Waals surface area contributed by atoms with Crippen LogP contribution in [-0.4, -0.2) is 46.2 Å². The fraction of sp³-hybridized carbons (Fsp3) is 0.600. The second-order valence-electron chi connectivity index (χ2n) is 6.31. The molecule has 1 aliphatic heterocycles. The average molecular weight is 342 g/mol. The molecule has 0 spiro atoms. The minimum absolute atomic E-state index is 0.141. The first kappa shape index (κ1) is 17.5. The van der Waals surface area contributed by atoms with Crippen LogP contribution >= 0.6 is 11.6 Å². The zero-order valence-corrected chi connectivity index (χ0v) is 14.4. The number of methoxy groups -OCH3 is 1. The van der Waals surface area contributed by atoms with Gasteiger partial charge in [0, 0.05) is 6.54 Å². The summed E-state index contributed by atoms with van der Waals surface area (Å²) in [6.45, 7) is 5.65. The van der Waals surface area contributed by atoms with Gasteiger partial charge in [0.05, 0.1) is 25.2 Å². The summed E-state index contributed by atoms with van der Waals surface area (Å²) in [5.74, 6) is -0.586. The summed E-state index contributed by atoms with van der Waals surface area (Å²) < 4.78 is 10.4. The van der Waals surface area contributed by atoms with Gasteiger partial charge in [-0.25, -0.2) is 14.6 Å². The van der Waals surface area contributed by atoms with Crippen molar-refractivity contribution in [2.24, 2.45) is 0 Å². The van der Waals surface area contributed by atoms with Gasteiger partial charge in [-0.3, -0.25) is 9.88 Å². The van der Waals surface area contributed by atoms with E-state index in [0.29, 0.717) is 19.4 Å². The van der Waals surface area contributed by atoms with Gasteiger partial charge in [0.1, 0.15) is 10.8 Å². The highest BCUT2D eigenvalue weighted by Gasteiger charge is 2.54. The summed E-state index contributed by atoms with van der Waals surface area (Å²) >= 11 is 5.91. The molecule has 0 bridgehead atoms. The van der Waals surface area contributed by atoms with Crippen molar-refractivity contribution in [2.45, 2.75) is 44.8 Å². The Hall–Kier alpha value is -1.89. The zero-order chi connectivity index (χ0) is 17.3. The van der Waals surface area contributed by atoms with Crippen molar-refractivity contribution in [2.75, 3.05) is 13.7 Å². The number of nitrogens with zero attached hydrogens (tertiary/aromatic N) is 3. The third-order valence-electron chi connectivity index (χ3n) is 3.55. The smallest absolute Gasteiger partial charge is 0.411 e. The Morgan fingerprint density at radius 1 is 1.35 bits per heavy atom. The van der Waals surface area contributed by atoms with E-state index in [2.05, 4.69) is 9.97 Å². The number of halogens is 1. The van der Waals surface area contributed by atoms with Gasteiger partial charge < -0.3 is 9.47 Å². The molecule has 1 atom stereocenters. The van der Waals surface area contributed by atoms with Crippen LogP contribution in [0, 0.1) is 0 Å². The van der Waals surface area contributed by atoms with Crippen LogP contribution in [0.15, 0.2) is 12.4 Å². The fourth-order valence-corrected chi connectivity index (χ4v) is 2.82. The lowest BCUT2D eigenvalue weighted by Gasteiger charge is -2.36. The number of aromatic nitrogens is 2. The standard InChI is InChI=1S/C15H20ClN3O4/c1-14(2,3)23-13(21)19-7-5-6-15(19,12(20)22-4)10-8-17-9-11(16)18-10/h8-9H,5-7H2,1-4H3. The molecule has 0 aliphatic carbocycles. The molecule has 0 radical (unpaired) electrons. The van der Waals surface area contributed by atoms with Crippen molar-refractivity contribution in [3.8, 4) is 0 Å². The van der Waals surface area contributed by atoms with E-state index in [4.69, 9.17) is 21.1 Å². The normalized spacial score (nSPS) is 21.2. The molecule has 126 valence electrons. The Labute approximate surface area is 139 Å². The van der Waals surface area contributed by atoms with Gasteiger partial charge in [-0.2, -0.15) is 0 Å². The maximum absolute atomic E-state index is 12.6. The number of carbonyl (C=O) groups is 2. The number of likely N-dealkylation sites (tertiary alicyclic amines) is 1. The number of ether oxygens (including phenoxy) is 2. The highest BCUT2D eigenvalue weighted by Crippen LogP contribution is 2.40. The van der Waals surface area contributed by atoms with Gasteiger partial charge in [-0.05, 0) is 33.6 Å². The average Bonchev–Trinajstić information content (AvgIpc) is 2.90. The van der Waals surface area contributed by atoms with E-state index in [9.17, 15) is 9.59 Å². The Bertz CT molecular complexity index is 617. The molecule has 0 aromatic carbocycles. The number of rotatable bonds is 2. The largest absolute Gasteiger partial charge is 0.467 e. The van der Waals surface area contributed by atoms with E-state index in [1.807, 2.05) is 0 Å². The SMILES string of the molecule is COC(=O)C1(c2cncc(Cl)n2)CCCN1C(=O)OC(C)(C)C. The molecular weight excluding hydrogens is 322 g/mol. The van der Waals surface area contributed by atoms with E-state index >= 15 is 0 Å². The first-order chi connectivity index (χ1) is 10.7. The number of hydrogen-bond donors (Lipinski definition) is 0. The lowest BCUT2D eigenvalue weighted by molar-refractivity contribution is -0.154. The summed E-state index contributed by atoms with van der Waals surface area (Å²) in [5, 5.41) is 0.141. The minimum atomic E-state index is -1.37. The summed E-state index contributed by atoms with van der Waals surface area (Å²) in [5.41, 5.74) is -1.77. The molecule has 0 N–H and O–H groups in total. The predicted molar refractivity (Wildman–Crippen MR) is 82.9 cm³/mol. The summed E-state index contributed by atoms with van der Waals surface area (Å²) in [7, 11) is 1.27. The Kier molecular flexibility index (Phi) is 4.79. The summed E-state index contributed by atoms with van der Waals surface area (Å²) in [6.07, 6.45) is 3.17. The maximum Gasteiger partial charge on any atom is 0.411 e. The molecule has 2 rings (SSSR count). The van der Waals surface area contributed by atoms with E-state index in [0.717, 1.165) is 0 Å². The van der Waals surface area contributed by atoms with Crippen LogP contribution in [0.5, 0.6) is 0 Å². The lowest BCUT2D eigenvalue weighted by Crippen LogP contribution is -2.53. The molecule has 8 heteroatoms. The quantitative estimate of drug-likeness (QED) is 0.769. The predicted octanol–water partition coefficient (Wildman–Crippen LogP) is 2.53. The van der Waals surface area contributed by atoms with Crippen molar-refractivity contribution >= 4 is 23.7 Å². The number of carbonyl (C=O) groups excluding carboxylic acids is 2. The molecular formula is C15H20ClN3O4. The summed E-state index contributed by atoms with van der Waals surface area (Å²) in [6, 6.07) is 0. The highest BCUT2D eigenvalue weighted by atomic mass is 35.5. The zero-order valence-electron chi connectivity index (χ0n) is 13.6. The minimum Gasteiger partial charge on any atom is -0.467 e. The Morgan fingerprint density at radius 2 is 2.04 bits per heavy atom. The van der Waals surface area contributed by atoms with Gasteiger partial charge in [-0.15, -0.1) is 0 Å². The lowest BCUT2D eigenvalue weighted by atomic mass is 9.92. The monoisotopic (exact) mass is 341 g/mol. The molecule has 2 heterocycles. The van der Waals surface area contributed by atoms with Gasteiger partial charge >= 0.3 is 12.1 Å². The van der Waals surface area contributed by atoms with Gasteiger partial charge in [0.25, 0.3) is 0 Å². The van der Waals surface area contributed by atoms with Crippen LogP contribution in [-0.2, 0) is 19.8 Å². The number of amides is 1. The molecule has 1 amide bonds. The van der Waals surface area contributed by atoms with Crippen LogP contribution in [0.3, 0.4) is 0 Å². The van der Waals surface area contributed by atoms with Crippen LogP contribution in [0.2, 0.25) is 5.15 Å². The molecule has 1 aliphatic rings. The molecule has 1 aromatic rings. The second kappa shape index (κ2) is 6.31. The van der Waals surface area contributed by atoms with E-state index < -0.39 is 23.2 Å². The van der Waals surface area contributed by atoms with Gasteiger partial charge in [0.2, 0.25) is 0 Å². The molecule has 7 nitrogen and oxygen atoms in total. The van der Waals surface area contributed by atoms with Gasteiger partial charge in [-0.1, -0.05) is 11.6 Å². The van der Waals surface area contributed by atoms with Crippen LogP contribution in [0.25, 0.3) is 0 Å². The molecule has 0 saturated carbocycles. The topological polar surface area (TPSA) is 81.6 Å². The van der Waals surface area contributed by atoms with Crippen molar-refractivity contribution < 1.29 is 19.1 Å². The number of esters is 1. The first-order valence-corrected chi connectivity index (χ1v) is 7.65. The second-order valence-corrected chi connectivity index (χ2v) is 6.70. The highest BCUT2D eigenvalue weighted by molar-refractivity contribution is 6.29.